The molecule has 4 rings (SSSR count). The number of phosphoric ester groups is 1. The summed E-state index contributed by atoms with van der Waals surface area (Å²) in [5.74, 6) is -6.47. The molecule has 180 valence electrons. The third-order valence-electron chi connectivity index (χ3n) is 5.24. The van der Waals surface area contributed by atoms with Gasteiger partial charge >= 0.3 is 13.7 Å². The van der Waals surface area contributed by atoms with Crippen LogP contribution in [0.3, 0.4) is 0 Å². The lowest BCUT2D eigenvalue weighted by Crippen LogP contribution is -2.54. The minimum absolute atomic E-state index is 0.0673. The summed E-state index contributed by atoms with van der Waals surface area (Å²) in [4.78, 5) is 23.7. The maximum absolute atomic E-state index is 14.9. The molecule has 0 saturated carbocycles. The van der Waals surface area contributed by atoms with E-state index >= 15 is 0 Å². The Morgan fingerprint density at radius 3 is 2.70 bits per heavy atom. The van der Waals surface area contributed by atoms with E-state index in [0.717, 1.165) is 0 Å². The van der Waals surface area contributed by atoms with Crippen LogP contribution in [0.4, 0.5) is 17.6 Å². The van der Waals surface area contributed by atoms with Crippen molar-refractivity contribution in [3.8, 4) is 5.75 Å². The number of para-hydroxylation sites is 1. The van der Waals surface area contributed by atoms with Crippen LogP contribution in [0.2, 0.25) is 0 Å². The van der Waals surface area contributed by atoms with Gasteiger partial charge in [0.25, 0.3) is 6.43 Å². The van der Waals surface area contributed by atoms with Crippen LogP contribution in [0.15, 0.2) is 35.5 Å². The van der Waals surface area contributed by atoms with Crippen molar-refractivity contribution in [3.05, 3.63) is 41.1 Å². The van der Waals surface area contributed by atoms with E-state index in [0.29, 0.717) is 11.8 Å². The van der Waals surface area contributed by atoms with Crippen molar-refractivity contribution in [3.63, 3.8) is 0 Å². The SMILES string of the molecule is O=C1CC(=O)N([C@@H]2O[C@@](COP3(=O)OCc4ccccc4O3)(C(F)F)[C@@H](O)C2(F)F)C=C1Cl. The molecule has 33 heavy (non-hydrogen) atoms. The molecule has 0 spiro atoms. The van der Waals surface area contributed by atoms with Crippen molar-refractivity contribution in [1.29, 1.82) is 0 Å². The van der Waals surface area contributed by atoms with Crippen LogP contribution >= 0.6 is 19.4 Å². The minimum atomic E-state index is -4.56. The number of nitrogens with zero attached hydrogens (tertiary/aromatic N) is 1. The fraction of sp³-hybridized carbons (Fsp3) is 0.444. The molecule has 0 bridgehead atoms. The predicted molar refractivity (Wildman–Crippen MR) is 100 cm³/mol. The molecule has 1 fully saturated rings. The van der Waals surface area contributed by atoms with E-state index in [-0.39, 0.29) is 17.3 Å². The first-order valence-electron chi connectivity index (χ1n) is 9.30. The monoisotopic (exact) mass is 515 g/mol. The predicted octanol–water partition coefficient (Wildman–Crippen LogP) is 2.96. The highest BCUT2D eigenvalue weighted by Crippen LogP contribution is 2.56. The van der Waals surface area contributed by atoms with Gasteiger partial charge in [-0.05, 0) is 6.07 Å². The molecule has 3 heterocycles. The van der Waals surface area contributed by atoms with Gasteiger partial charge in [-0.25, -0.2) is 13.3 Å². The molecule has 1 saturated heterocycles. The second kappa shape index (κ2) is 8.33. The number of carbonyl (C=O) groups excluding carboxylic acids is 2. The number of allylic oxidation sites excluding steroid dienone is 1. The second-order valence-corrected chi connectivity index (χ2v) is 9.37. The van der Waals surface area contributed by atoms with E-state index < -0.39 is 67.9 Å². The summed E-state index contributed by atoms with van der Waals surface area (Å²) in [6.07, 6.45) is -10.2. The molecule has 3 aliphatic rings. The number of benzene rings is 1. The zero-order valence-electron chi connectivity index (χ0n) is 16.3. The number of ketones is 1. The lowest BCUT2D eigenvalue weighted by molar-refractivity contribution is -0.202. The molecule has 1 aromatic carbocycles. The Labute approximate surface area is 188 Å². The number of carbonyl (C=O) groups is 2. The summed E-state index contributed by atoms with van der Waals surface area (Å²) in [5.41, 5.74) is -2.96. The first-order valence-corrected chi connectivity index (χ1v) is 11.1. The Hall–Kier alpha value is -2.02. The number of phosphoric acid groups is 1. The van der Waals surface area contributed by atoms with Gasteiger partial charge in [0, 0.05) is 11.8 Å². The van der Waals surface area contributed by atoms with E-state index in [1.165, 1.54) is 12.1 Å². The highest BCUT2D eigenvalue weighted by atomic mass is 35.5. The summed E-state index contributed by atoms with van der Waals surface area (Å²) < 4.78 is 90.2. The number of hydrogen-bond acceptors (Lipinski definition) is 8. The number of aliphatic hydroxyl groups is 1. The summed E-state index contributed by atoms with van der Waals surface area (Å²) in [6.45, 7) is -1.83. The molecular weight excluding hydrogens is 501 g/mol. The molecule has 15 heteroatoms. The fourth-order valence-electron chi connectivity index (χ4n) is 3.43. The van der Waals surface area contributed by atoms with Crippen LogP contribution < -0.4 is 4.52 Å². The van der Waals surface area contributed by atoms with Gasteiger partial charge in [-0.2, -0.15) is 8.78 Å². The highest BCUT2D eigenvalue weighted by Gasteiger charge is 2.72. The highest BCUT2D eigenvalue weighted by molar-refractivity contribution is 7.49. The molecule has 0 aliphatic carbocycles. The first-order chi connectivity index (χ1) is 15.4. The number of Topliss-reactive ketones (excluding diaryl/α,β-unsaturated/α-hetero) is 1. The van der Waals surface area contributed by atoms with Gasteiger partial charge < -0.3 is 14.4 Å². The molecule has 3 aliphatic heterocycles. The average molecular weight is 516 g/mol. The molecule has 1 aromatic rings. The van der Waals surface area contributed by atoms with Gasteiger partial charge in [0.05, 0.1) is 19.6 Å². The smallest absolute Gasteiger partial charge is 0.404 e. The number of ether oxygens (including phenoxy) is 1. The Kier molecular flexibility index (Phi) is 6.09. The number of rotatable bonds is 5. The van der Waals surface area contributed by atoms with Crippen molar-refractivity contribution in [1.82, 2.24) is 4.90 Å². The summed E-state index contributed by atoms with van der Waals surface area (Å²) in [6, 6.07) is 6.15. The molecule has 1 unspecified atom stereocenters. The minimum Gasteiger partial charge on any atom is -0.404 e. The van der Waals surface area contributed by atoms with E-state index in [9.17, 15) is 36.8 Å². The van der Waals surface area contributed by atoms with Gasteiger partial charge in [-0.1, -0.05) is 29.8 Å². The summed E-state index contributed by atoms with van der Waals surface area (Å²) in [7, 11) is -4.56. The average Bonchev–Trinajstić information content (AvgIpc) is 2.96. The van der Waals surface area contributed by atoms with Crippen molar-refractivity contribution < 1.29 is 55.1 Å². The summed E-state index contributed by atoms with van der Waals surface area (Å²) >= 11 is 5.60. The Morgan fingerprint density at radius 1 is 1.30 bits per heavy atom. The normalized spacial score (nSPS) is 33.7. The third kappa shape index (κ3) is 4.07. The van der Waals surface area contributed by atoms with Crippen LogP contribution in [0, 0.1) is 0 Å². The lowest BCUT2D eigenvalue weighted by Gasteiger charge is -2.33. The number of fused-ring (bicyclic) bond motifs is 1. The van der Waals surface area contributed by atoms with Gasteiger partial charge in [-0.15, -0.1) is 0 Å². The molecule has 4 atom stereocenters. The van der Waals surface area contributed by atoms with Crippen LogP contribution in [-0.2, 0) is 34.5 Å². The number of amides is 1. The van der Waals surface area contributed by atoms with Crippen molar-refractivity contribution in [2.75, 3.05) is 6.61 Å². The van der Waals surface area contributed by atoms with Gasteiger partial charge in [0.15, 0.2) is 17.5 Å². The lowest BCUT2D eigenvalue weighted by atomic mass is 9.95. The first kappa shape index (κ1) is 24.1. The van der Waals surface area contributed by atoms with E-state index in [1.807, 2.05) is 0 Å². The number of halogens is 5. The molecular formula is C18H15ClF4NO8P. The largest absolute Gasteiger partial charge is 0.530 e. The molecule has 1 N–H and O–H groups in total. The van der Waals surface area contributed by atoms with Gasteiger partial charge in [0.1, 0.15) is 10.8 Å². The van der Waals surface area contributed by atoms with Crippen LogP contribution in [0.25, 0.3) is 0 Å². The molecule has 9 nitrogen and oxygen atoms in total. The van der Waals surface area contributed by atoms with Gasteiger partial charge in [-0.3, -0.25) is 23.5 Å². The van der Waals surface area contributed by atoms with Crippen LogP contribution in [0.1, 0.15) is 12.0 Å². The van der Waals surface area contributed by atoms with Crippen molar-refractivity contribution >= 4 is 31.1 Å². The Morgan fingerprint density at radius 2 is 2.00 bits per heavy atom. The number of aliphatic hydroxyl groups excluding tert-OH is 1. The second-order valence-electron chi connectivity index (χ2n) is 7.37. The summed E-state index contributed by atoms with van der Waals surface area (Å²) in [5, 5.41) is 9.54. The van der Waals surface area contributed by atoms with Crippen molar-refractivity contribution in [2.24, 2.45) is 0 Å². The zero-order chi connectivity index (χ0) is 24.2. The van der Waals surface area contributed by atoms with E-state index in [4.69, 9.17) is 29.9 Å². The Bertz CT molecular complexity index is 1070. The van der Waals surface area contributed by atoms with E-state index in [1.54, 1.807) is 12.1 Å². The van der Waals surface area contributed by atoms with Crippen molar-refractivity contribution in [2.45, 2.75) is 43.3 Å². The zero-order valence-corrected chi connectivity index (χ0v) is 18.0. The third-order valence-corrected chi connectivity index (χ3v) is 6.86. The molecule has 0 aromatic heterocycles. The number of alkyl halides is 4. The topological polar surface area (TPSA) is 112 Å². The van der Waals surface area contributed by atoms with E-state index in [2.05, 4.69) is 0 Å². The number of hydrogen-bond donors (Lipinski definition) is 1. The standard InChI is InChI=1S/C18H15ClF4NO8P/c19-10-6-24(13(26)5-11(10)25)16-18(22,23)14(27)17(31-16,15(20)21)8-30-33(28)29-7-9-3-1-2-4-12(9)32-33/h1-4,6,14-16,27H,5,7-8H2/t14-,16-,17-,33?/m1/s1. The Balaban J connectivity index is 1.60. The van der Waals surface area contributed by atoms with Crippen LogP contribution in [-0.4, -0.2) is 58.6 Å². The fourth-order valence-corrected chi connectivity index (χ4v) is 4.86. The van der Waals surface area contributed by atoms with Gasteiger partial charge in [0.2, 0.25) is 12.1 Å². The maximum atomic E-state index is 14.9. The molecule has 1 amide bonds. The van der Waals surface area contributed by atoms with Crippen LogP contribution in [0.5, 0.6) is 5.75 Å². The molecule has 0 radical (unpaired) electrons. The maximum Gasteiger partial charge on any atom is 0.530 e. The quantitative estimate of drug-likeness (QED) is 0.362.